The lowest BCUT2D eigenvalue weighted by molar-refractivity contribution is -0.137. The Morgan fingerprint density at radius 2 is 1.53 bits per heavy atom. The Labute approximate surface area is 171 Å². The summed E-state index contributed by atoms with van der Waals surface area (Å²) in [4.78, 5) is 19.1. The van der Waals surface area contributed by atoms with E-state index in [1.807, 2.05) is 37.4 Å². The third-order valence-corrected chi connectivity index (χ3v) is 3.66. The summed E-state index contributed by atoms with van der Waals surface area (Å²) in [5, 5.41) is 18.7. The Morgan fingerprint density at radius 3 is 1.97 bits per heavy atom. The predicted octanol–water partition coefficient (Wildman–Crippen LogP) is 4.15. The van der Waals surface area contributed by atoms with Gasteiger partial charge in [-0.3, -0.25) is 0 Å². The van der Waals surface area contributed by atoms with Crippen molar-refractivity contribution in [1.82, 2.24) is 5.32 Å². The topological polar surface area (TPSA) is 95.9 Å². The zero-order valence-electron chi connectivity index (χ0n) is 16.1. The molecule has 0 spiro atoms. The molecule has 0 amide bonds. The van der Waals surface area contributed by atoms with Crippen molar-refractivity contribution in [3.63, 3.8) is 0 Å². The minimum atomic E-state index is -4.33. The number of nitrogens with one attached hydrogen (secondary N) is 1. The summed E-state index contributed by atoms with van der Waals surface area (Å²) in [5.74, 6) is -2.09. The summed E-state index contributed by atoms with van der Waals surface area (Å²) in [6.07, 6.45) is -2.69. The van der Waals surface area contributed by atoms with Gasteiger partial charge in [-0.05, 0) is 43.4 Å². The summed E-state index contributed by atoms with van der Waals surface area (Å²) in [7, 11) is 1.85. The molecule has 0 saturated carbocycles. The van der Waals surface area contributed by atoms with Gasteiger partial charge < -0.3 is 20.3 Å². The molecule has 2 aromatic carbocycles. The van der Waals surface area contributed by atoms with Crippen molar-refractivity contribution in [3.8, 4) is 5.75 Å². The minimum absolute atomic E-state index is 0.203. The standard InChI is InChI=1S/C17H18F3NO.C4H4O4/c1-21-12-11-16(13-5-3-2-4-6-13)22-15-9-7-14(8-10-15)17(18,19)20;5-3(6)1-2-4(7)8/h2-10,16,21H,11-12H2,1H3;1-2H,(H,5,6)(H,7,8)/b;2-1+. The average Bonchev–Trinajstić information content (AvgIpc) is 2.70. The van der Waals surface area contributed by atoms with E-state index in [0.717, 1.165) is 30.7 Å². The fraction of sp³-hybridized carbons (Fsp3) is 0.238. The number of benzene rings is 2. The van der Waals surface area contributed by atoms with Crippen LogP contribution in [0.5, 0.6) is 5.75 Å². The molecular formula is C21H22F3NO5. The summed E-state index contributed by atoms with van der Waals surface area (Å²) in [6.45, 7) is 0.750. The number of hydrogen-bond donors (Lipinski definition) is 3. The van der Waals surface area contributed by atoms with Gasteiger partial charge in [0.1, 0.15) is 11.9 Å². The lowest BCUT2D eigenvalue weighted by Crippen LogP contribution is -2.16. The van der Waals surface area contributed by atoms with Crippen molar-refractivity contribution >= 4 is 11.9 Å². The molecule has 1 atom stereocenters. The van der Waals surface area contributed by atoms with Crippen LogP contribution in [-0.2, 0) is 15.8 Å². The fourth-order valence-corrected chi connectivity index (χ4v) is 2.27. The van der Waals surface area contributed by atoms with Gasteiger partial charge in [0, 0.05) is 18.6 Å². The lowest BCUT2D eigenvalue weighted by atomic mass is 10.1. The number of carbonyl (C=O) groups is 2. The Bertz CT molecular complexity index is 805. The first kappa shape index (κ1) is 24.7. The number of hydrogen-bond acceptors (Lipinski definition) is 4. The molecule has 162 valence electrons. The second kappa shape index (κ2) is 12.3. The number of halogens is 3. The number of carboxylic acids is 2. The van der Waals surface area contributed by atoms with E-state index < -0.39 is 23.7 Å². The molecule has 30 heavy (non-hydrogen) atoms. The van der Waals surface area contributed by atoms with Crippen molar-refractivity contribution in [2.75, 3.05) is 13.6 Å². The molecule has 2 aromatic rings. The lowest BCUT2D eigenvalue weighted by Gasteiger charge is -2.20. The predicted molar refractivity (Wildman–Crippen MR) is 104 cm³/mol. The van der Waals surface area contributed by atoms with Crippen LogP contribution in [0.25, 0.3) is 0 Å². The van der Waals surface area contributed by atoms with Gasteiger partial charge in [0.05, 0.1) is 5.56 Å². The molecule has 0 bridgehead atoms. The molecule has 0 fully saturated rings. The Kier molecular flexibility index (Phi) is 10.1. The van der Waals surface area contributed by atoms with Crippen LogP contribution in [0.15, 0.2) is 66.7 Å². The number of alkyl halides is 3. The van der Waals surface area contributed by atoms with E-state index in [1.165, 1.54) is 12.1 Å². The zero-order valence-corrected chi connectivity index (χ0v) is 16.1. The van der Waals surface area contributed by atoms with E-state index in [9.17, 15) is 22.8 Å². The van der Waals surface area contributed by atoms with Gasteiger partial charge in [0.15, 0.2) is 0 Å². The smallest absolute Gasteiger partial charge is 0.416 e. The van der Waals surface area contributed by atoms with E-state index in [0.29, 0.717) is 17.9 Å². The molecule has 0 aliphatic carbocycles. The number of rotatable bonds is 8. The Balaban J connectivity index is 0.000000479. The molecule has 6 nitrogen and oxygen atoms in total. The van der Waals surface area contributed by atoms with Crippen LogP contribution in [0.1, 0.15) is 23.7 Å². The second-order valence-corrected chi connectivity index (χ2v) is 5.94. The third-order valence-electron chi connectivity index (χ3n) is 3.66. The first-order chi connectivity index (χ1) is 14.1. The third kappa shape index (κ3) is 9.74. The van der Waals surface area contributed by atoms with Crippen LogP contribution in [-0.4, -0.2) is 35.7 Å². The summed E-state index contributed by atoms with van der Waals surface area (Å²) < 4.78 is 43.6. The highest BCUT2D eigenvalue weighted by atomic mass is 19.4. The van der Waals surface area contributed by atoms with Crippen molar-refractivity contribution in [2.24, 2.45) is 0 Å². The maximum Gasteiger partial charge on any atom is 0.416 e. The van der Waals surface area contributed by atoms with Crippen molar-refractivity contribution < 1.29 is 37.7 Å². The average molecular weight is 425 g/mol. The van der Waals surface area contributed by atoms with Gasteiger partial charge in [0.25, 0.3) is 0 Å². The van der Waals surface area contributed by atoms with Crippen LogP contribution in [0.4, 0.5) is 13.2 Å². The largest absolute Gasteiger partial charge is 0.486 e. The van der Waals surface area contributed by atoms with Crippen LogP contribution < -0.4 is 10.1 Å². The van der Waals surface area contributed by atoms with Gasteiger partial charge in [-0.2, -0.15) is 13.2 Å². The summed E-state index contributed by atoms with van der Waals surface area (Å²) >= 11 is 0. The minimum Gasteiger partial charge on any atom is -0.486 e. The molecule has 0 radical (unpaired) electrons. The van der Waals surface area contributed by atoms with Crippen LogP contribution >= 0.6 is 0 Å². The number of carboxylic acid groups (broad SMARTS) is 2. The molecule has 1 unspecified atom stereocenters. The van der Waals surface area contributed by atoms with E-state index >= 15 is 0 Å². The fourth-order valence-electron chi connectivity index (χ4n) is 2.27. The van der Waals surface area contributed by atoms with Gasteiger partial charge in [-0.15, -0.1) is 0 Å². The Morgan fingerprint density at radius 1 is 1.00 bits per heavy atom. The summed E-state index contributed by atoms with van der Waals surface area (Å²) in [5.41, 5.74) is 0.323. The first-order valence-corrected chi connectivity index (χ1v) is 8.81. The van der Waals surface area contributed by atoms with Gasteiger partial charge in [0.2, 0.25) is 0 Å². The van der Waals surface area contributed by atoms with Crippen molar-refractivity contribution in [2.45, 2.75) is 18.7 Å². The number of ether oxygens (including phenoxy) is 1. The maximum absolute atomic E-state index is 12.6. The highest BCUT2D eigenvalue weighted by molar-refractivity contribution is 5.89. The van der Waals surface area contributed by atoms with Crippen molar-refractivity contribution in [3.05, 3.63) is 77.9 Å². The highest BCUT2D eigenvalue weighted by Crippen LogP contribution is 2.31. The van der Waals surface area contributed by atoms with E-state index in [4.69, 9.17) is 14.9 Å². The molecule has 9 heteroatoms. The van der Waals surface area contributed by atoms with Crippen molar-refractivity contribution in [1.29, 1.82) is 0 Å². The molecule has 0 aliphatic rings. The van der Waals surface area contributed by atoms with Gasteiger partial charge >= 0.3 is 18.1 Å². The molecule has 0 aromatic heterocycles. The van der Waals surface area contributed by atoms with Gasteiger partial charge in [-0.25, -0.2) is 9.59 Å². The Hall–Kier alpha value is -3.33. The molecule has 3 N–H and O–H groups in total. The van der Waals surface area contributed by atoms with E-state index in [2.05, 4.69) is 5.32 Å². The van der Waals surface area contributed by atoms with Crippen LogP contribution in [0.3, 0.4) is 0 Å². The van der Waals surface area contributed by atoms with Crippen LogP contribution in [0.2, 0.25) is 0 Å². The quantitative estimate of drug-likeness (QED) is 0.550. The maximum atomic E-state index is 12.6. The molecule has 0 aliphatic heterocycles. The van der Waals surface area contributed by atoms with Gasteiger partial charge in [-0.1, -0.05) is 30.3 Å². The van der Waals surface area contributed by atoms with E-state index in [-0.39, 0.29) is 6.10 Å². The molecular weight excluding hydrogens is 403 g/mol. The molecule has 0 saturated heterocycles. The zero-order chi connectivity index (χ0) is 22.6. The molecule has 2 rings (SSSR count). The first-order valence-electron chi connectivity index (χ1n) is 8.81. The normalized spacial score (nSPS) is 12.0. The van der Waals surface area contributed by atoms with E-state index in [1.54, 1.807) is 0 Å². The highest BCUT2D eigenvalue weighted by Gasteiger charge is 2.30. The van der Waals surface area contributed by atoms with Crippen LogP contribution in [0, 0.1) is 0 Å². The second-order valence-electron chi connectivity index (χ2n) is 5.94. The molecule has 0 heterocycles. The monoisotopic (exact) mass is 425 g/mol. The summed E-state index contributed by atoms with van der Waals surface area (Å²) in [6, 6.07) is 14.4. The number of aliphatic carboxylic acids is 2. The SMILES string of the molecule is CNCCC(Oc1ccc(C(F)(F)F)cc1)c1ccccc1.O=C(O)/C=C/C(=O)O.